The van der Waals surface area contributed by atoms with Crippen molar-refractivity contribution in [2.45, 2.75) is 53.4 Å². The van der Waals surface area contributed by atoms with Crippen molar-refractivity contribution in [2.24, 2.45) is 5.41 Å². The summed E-state index contributed by atoms with van der Waals surface area (Å²) in [7, 11) is 0. The Morgan fingerprint density at radius 3 is 2.29 bits per heavy atom. The van der Waals surface area contributed by atoms with Gasteiger partial charge in [-0.1, -0.05) is 27.7 Å². The summed E-state index contributed by atoms with van der Waals surface area (Å²) in [6.07, 6.45) is -4.88. The van der Waals surface area contributed by atoms with E-state index in [1.807, 2.05) is 34.6 Å². The van der Waals surface area contributed by atoms with Gasteiger partial charge in [0.1, 0.15) is 11.1 Å². The molecule has 0 amide bonds. The predicted molar refractivity (Wildman–Crippen MR) is 78.3 cm³/mol. The highest BCUT2D eigenvalue weighted by atomic mass is 32.1. The van der Waals surface area contributed by atoms with Crippen LogP contribution in [0.15, 0.2) is 0 Å². The second-order valence-corrected chi connectivity index (χ2v) is 6.92. The van der Waals surface area contributed by atoms with E-state index >= 15 is 0 Å². The summed E-state index contributed by atoms with van der Waals surface area (Å²) < 4.78 is 45.0. The Morgan fingerprint density at radius 1 is 1.24 bits per heavy atom. The Balaban J connectivity index is 3.21. The summed E-state index contributed by atoms with van der Waals surface area (Å²) >= 11 is 1.08. The highest BCUT2D eigenvalue weighted by Gasteiger charge is 2.39. The lowest BCUT2D eigenvalue weighted by Gasteiger charge is -2.28. The van der Waals surface area contributed by atoms with Crippen molar-refractivity contribution < 1.29 is 17.9 Å². The SMILES string of the molecule is CCNCc1sc(C(OCC)C(C)(C)C)nc1C(F)(F)F. The van der Waals surface area contributed by atoms with Gasteiger partial charge >= 0.3 is 6.18 Å². The molecule has 7 heteroatoms. The number of thiazole rings is 1. The zero-order valence-corrected chi connectivity index (χ0v) is 13.9. The van der Waals surface area contributed by atoms with E-state index in [1.54, 1.807) is 0 Å². The van der Waals surface area contributed by atoms with E-state index < -0.39 is 18.0 Å². The molecule has 1 aromatic heterocycles. The number of nitrogens with one attached hydrogen (secondary N) is 1. The lowest BCUT2D eigenvalue weighted by molar-refractivity contribution is -0.141. The molecule has 0 saturated heterocycles. The topological polar surface area (TPSA) is 34.1 Å². The molecule has 0 radical (unpaired) electrons. The van der Waals surface area contributed by atoms with Crippen LogP contribution in [0.2, 0.25) is 0 Å². The zero-order valence-electron chi connectivity index (χ0n) is 13.1. The average molecular weight is 324 g/mol. The van der Waals surface area contributed by atoms with Crippen molar-refractivity contribution in [3.63, 3.8) is 0 Å². The van der Waals surface area contributed by atoms with Crippen molar-refractivity contribution in [1.82, 2.24) is 10.3 Å². The van der Waals surface area contributed by atoms with Gasteiger partial charge in [0, 0.05) is 13.2 Å². The molecular formula is C14H23F3N2OS. The Kier molecular flexibility index (Phi) is 6.19. The van der Waals surface area contributed by atoms with E-state index in [4.69, 9.17) is 4.74 Å². The van der Waals surface area contributed by atoms with Crippen molar-refractivity contribution >= 4 is 11.3 Å². The van der Waals surface area contributed by atoms with Crippen molar-refractivity contribution in [2.75, 3.05) is 13.2 Å². The number of hydrogen-bond donors (Lipinski definition) is 1. The van der Waals surface area contributed by atoms with Crippen LogP contribution in [0.3, 0.4) is 0 Å². The van der Waals surface area contributed by atoms with Gasteiger partial charge in [0.15, 0.2) is 5.69 Å². The molecule has 1 heterocycles. The van der Waals surface area contributed by atoms with Gasteiger partial charge in [0.25, 0.3) is 0 Å². The van der Waals surface area contributed by atoms with Gasteiger partial charge in [-0.25, -0.2) is 4.98 Å². The summed E-state index contributed by atoms with van der Waals surface area (Å²) in [5.41, 5.74) is -1.11. The first-order chi connectivity index (χ1) is 9.61. The van der Waals surface area contributed by atoms with Crippen molar-refractivity contribution in [3.8, 4) is 0 Å². The fourth-order valence-electron chi connectivity index (χ4n) is 1.92. The fraction of sp³-hybridized carbons (Fsp3) is 0.786. The molecule has 0 aliphatic carbocycles. The molecule has 1 aromatic rings. The highest BCUT2D eigenvalue weighted by molar-refractivity contribution is 7.11. The van der Waals surface area contributed by atoms with Gasteiger partial charge in [-0.2, -0.15) is 13.2 Å². The normalized spacial score (nSPS) is 14.5. The van der Waals surface area contributed by atoms with Crippen molar-refractivity contribution in [1.29, 1.82) is 0 Å². The molecule has 3 nitrogen and oxygen atoms in total. The molecular weight excluding hydrogens is 301 g/mol. The second-order valence-electron chi connectivity index (χ2n) is 5.80. The van der Waals surface area contributed by atoms with Gasteiger partial charge < -0.3 is 10.1 Å². The Labute approximate surface area is 127 Å². The van der Waals surface area contributed by atoms with E-state index in [-0.39, 0.29) is 16.8 Å². The van der Waals surface area contributed by atoms with Crippen LogP contribution in [-0.4, -0.2) is 18.1 Å². The van der Waals surface area contributed by atoms with E-state index in [1.165, 1.54) is 0 Å². The molecule has 0 aromatic carbocycles. The van der Waals surface area contributed by atoms with Gasteiger partial charge in [-0.05, 0) is 18.9 Å². The van der Waals surface area contributed by atoms with E-state index in [0.29, 0.717) is 18.2 Å². The van der Waals surface area contributed by atoms with Crippen LogP contribution in [-0.2, 0) is 17.5 Å². The van der Waals surface area contributed by atoms with Gasteiger partial charge in [0.2, 0.25) is 0 Å². The quantitative estimate of drug-likeness (QED) is 0.842. The molecule has 0 fully saturated rings. The third-order valence-corrected chi connectivity index (χ3v) is 3.96. The van der Waals surface area contributed by atoms with Crippen LogP contribution in [0.5, 0.6) is 0 Å². The summed E-state index contributed by atoms with van der Waals surface area (Å²) in [6.45, 7) is 10.7. The molecule has 0 aliphatic rings. The molecule has 1 unspecified atom stereocenters. The Morgan fingerprint density at radius 2 is 1.86 bits per heavy atom. The maximum atomic E-state index is 13.1. The standard InChI is InChI=1S/C14H23F3N2OS/c1-6-18-8-9-10(14(15,16)17)19-12(21-9)11(20-7-2)13(3,4)5/h11,18H,6-8H2,1-5H3. The van der Waals surface area contributed by atoms with Gasteiger partial charge in [0.05, 0.1) is 4.88 Å². The number of nitrogens with zero attached hydrogens (tertiary/aromatic N) is 1. The summed E-state index contributed by atoms with van der Waals surface area (Å²) in [5, 5.41) is 3.32. The number of aromatic nitrogens is 1. The number of halogens is 3. The summed E-state index contributed by atoms with van der Waals surface area (Å²) in [5.74, 6) is 0. The maximum absolute atomic E-state index is 13.1. The van der Waals surface area contributed by atoms with Crippen LogP contribution in [0.1, 0.15) is 56.3 Å². The van der Waals surface area contributed by atoms with E-state index in [0.717, 1.165) is 11.3 Å². The van der Waals surface area contributed by atoms with Crippen LogP contribution in [0, 0.1) is 5.41 Å². The van der Waals surface area contributed by atoms with E-state index in [9.17, 15) is 13.2 Å². The van der Waals surface area contributed by atoms with Crippen molar-refractivity contribution in [3.05, 3.63) is 15.6 Å². The largest absolute Gasteiger partial charge is 0.434 e. The highest BCUT2D eigenvalue weighted by Crippen LogP contribution is 2.42. The molecule has 1 atom stereocenters. The smallest absolute Gasteiger partial charge is 0.371 e. The minimum Gasteiger partial charge on any atom is -0.371 e. The van der Waals surface area contributed by atoms with Gasteiger partial charge in [-0.3, -0.25) is 0 Å². The summed E-state index contributed by atoms with van der Waals surface area (Å²) in [4.78, 5) is 4.06. The molecule has 122 valence electrons. The van der Waals surface area contributed by atoms with Crippen LogP contribution >= 0.6 is 11.3 Å². The minimum atomic E-state index is -4.44. The number of alkyl halides is 3. The predicted octanol–water partition coefficient (Wildman–Crippen LogP) is 4.40. The molecule has 0 saturated carbocycles. The second kappa shape index (κ2) is 7.07. The Hall–Kier alpha value is -0.660. The number of ether oxygens (including phenoxy) is 1. The average Bonchev–Trinajstić information content (AvgIpc) is 2.75. The maximum Gasteiger partial charge on any atom is 0.434 e. The molecule has 1 rings (SSSR count). The minimum absolute atomic E-state index is 0.173. The molecule has 0 aliphatic heterocycles. The lowest BCUT2D eigenvalue weighted by atomic mass is 9.89. The molecule has 0 spiro atoms. The van der Waals surface area contributed by atoms with Crippen LogP contribution in [0.4, 0.5) is 13.2 Å². The number of hydrogen-bond acceptors (Lipinski definition) is 4. The van der Waals surface area contributed by atoms with Gasteiger partial charge in [-0.15, -0.1) is 11.3 Å². The van der Waals surface area contributed by atoms with Crippen LogP contribution in [0.25, 0.3) is 0 Å². The first kappa shape index (κ1) is 18.4. The zero-order chi connectivity index (χ0) is 16.3. The third kappa shape index (κ3) is 4.93. The molecule has 1 N–H and O–H groups in total. The first-order valence-corrected chi connectivity index (χ1v) is 7.82. The monoisotopic (exact) mass is 324 g/mol. The first-order valence-electron chi connectivity index (χ1n) is 7.00. The molecule has 0 bridgehead atoms. The molecule has 21 heavy (non-hydrogen) atoms. The summed E-state index contributed by atoms with van der Waals surface area (Å²) in [6, 6.07) is 0. The van der Waals surface area contributed by atoms with E-state index in [2.05, 4.69) is 10.3 Å². The fourth-order valence-corrected chi connectivity index (χ4v) is 3.27. The Bertz CT molecular complexity index is 452. The third-order valence-electron chi connectivity index (χ3n) is 2.86. The van der Waals surface area contributed by atoms with Crippen LogP contribution < -0.4 is 5.32 Å². The number of rotatable bonds is 6. The lowest BCUT2D eigenvalue weighted by Crippen LogP contribution is -2.21.